The van der Waals surface area contributed by atoms with E-state index >= 15 is 0 Å². The van der Waals surface area contributed by atoms with Gasteiger partial charge in [-0.3, -0.25) is 4.79 Å². The van der Waals surface area contributed by atoms with Crippen LogP contribution in [-0.2, 0) is 17.4 Å². The number of hydrogen-bond donors (Lipinski definition) is 1. The van der Waals surface area contributed by atoms with Gasteiger partial charge >= 0.3 is 0 Å². The van der Waals surface area contributed by atoms with Gasteiger partial charge in [0.05, 0.1) is 22.7 Å². The third-order valence-corrected chi connectivity index (χ3v) is 6.67. The topological polar surface area (TPSA) is 65.8 Å². The Balaban J connectivity index is 1.65. The second-order valence-electron chi connectivity index (χ2n) is 11.1. The van der Waals surface area contributed by atoms with Gasteiger partial charge in [0.1, 0.15) is 11.4 Å². The number of rotatable bonds is 4. The van der Waals surface area contributed by atoms with E-state index in [1.807, 2.05) is 17.0 Å². The van der Waals surface area contributed by atoms with Gasteiger partial charge in [0, 0.05) is 40.4 Å². The van der Waals surface area contributed by atoms with Gasteiger partial charge in [-0.2, -0.15) is 4.02 Å². The van der Waals surface area contributed by atoms with Crippen molar-refractivity contribution in [3.05, 3.63) is 57.9 Å². The maximum absolute atomic E-state index is 13.5. The van der Waals surface area contributed by atoms with E-state index in [2.05, 4.69) is 73.8 Å². The van der Waals surface area contributed by atoms with E-state index in [9.17, 15) is 9.90 Å². The number of benzene rings is 1. The third kappa shape index (κ3) is 4.34. The van der Waals surface area contributed by atoms with Gasteiger partial charge in [0.25, 0.3) is 0 Å². The predicted octanol–water partition coefficient (Wildman–Crippen LogP) is 6.01. The van der Waals surface area contributed by atoms with Gasteiger partial charge in [0.15, 0.2) is 11.6 Å². The molecular weight excluding hydrogens is 466 g/mol. The Morgan fingerprint density at radius 2 is 1.72 bits per heavy atom. The molecule has 2 heterocycles. The zero-order valence-electron chi connectivity index (χ0n) is 19.8. The van der Waals surface area contributed by atoms with E-state index in [1.54, 1.807) is 0 Å². The number of hydrogen-bond acceptors (Lipinski definition) is 4. The number of pyridine rings is 1. The Morgan fingerprint density at radius 3 is 2.22 bits per heavy atom. The summed E-state index contributed by atoms with van der Waals surface area (Å²) in [6, 6.07) is 7.93. The highest BCUT2D eigenvalue weighted by atomic mass is 79.9. The highest BCUT2D eigenvalue weighted by Gasteiger charge is 2.33. The molecule has 5 nitrogen and oxygen atoms in total. The van der Waals surface area contributed by atoms with Crippen LogP contribution in [0.5, 0.6) is 5.75 Å². The van der Waals surface area contributed by atoms with Crippen LogP contribution >= 0.6 is 16.1 Å². The van der Waals surface area contributed by atoms with Crippen LogP contribution in [0.3, 0.4) is 0 Å². The Kier molecular flexibility index (Phi) is 5.73. The smallest absolute Gasteiger partial charge is 0.182 e. The predicted molar refractivity (Wildman–Crippen MR) is 132 cm³/mol. The highest BCUT2D eigenvalue weighted by Crippen LogP contribution is 2.41. The maximum Gasteiger partial charge on any atom is 0.182 e. The van der Waals surface area contributed by atoms with Crippen molar-refractivity contribution in [2.75, 3.05) is 6.54 Å². The van der Waals surface area contributed by atoms with Crippen LogP contribution in [0.25, 0.3) is 0 Å². The molecule has 1 aliphatic heterocycles. The summed E-state index contributed by atoms with van der Waals surface area (Å²) in [5.41, 5.74) is 4.73. The molecule has 0 spiro atoms. The zero-order valence-corrected chi connectivity index (χ0v) is 21.4. The van der Waals surface area contributed by atoms with Crippen molar-refractivity contribution < 1.29 is 9.90 Å². The number of fused-ring (bicyclic) bond motifs is 1. The molecule has 6 heteroatoms. The number of nitrogens with zero attached hydrogens (tertiary/aromatic N) is 3. The van der Waals surface area contributed by atoms with Crippen molar-refractivity contribution in [2.24, 2.45) is 4.02 Å². The van der Waals surface area contributed by atoms with Gasteiger partial charge in [-0.1, -0.05) is 47.6 Å². The number of Topliss-reactive ketones (excluding diaryl/α,β-unsaturated/α-hetero) is 1. The number of halogens is 1. The molecule has 170 valence electrons. The molecule has 1 aromatic heterocycles. The van der Waals surface area contributed by atoms with E-state index in [0.717, 1.165) is 28.1 Å². The van der Waals surface area contributed by atoms with Gasteiger partial charge in [-0.15, -0.1) is 0 Å². The lowest BCUT2D eigenvalue weighted by atomic mass is 9.78. The monoisotopic (exact) mass is 497 g/mol. The third-order valence-electron chi connectivity index (χ3n) is 6.33. The first-order valence-corrected chi connectivity index (χ1v) is 12.0. The molecule has 0 saturated heterocycles. The Morgan fingerprint density at radius 1 is 1.12 bits per heavy atom. The molecular formula is C26H32BrN3O2. The molecule has 1 aliphatic carbocycles. The lowest BCUT2D eigenvalue weighted by molar-refractivity contribution is 0.0962. The van der Waals surface area contributed by atoms with Gasteiger partial charge < -0.3 is 10.0 Å². The molecule has 0 bridgehead atoms. The second kappa shape index (κ2) is 7.98. The van der Waals surface area contributed by atoms with Crippen LogP contribution in [0.2, 0.25) is 0 Å². The van der Waals surface area contributed by atoms with Crippen LogP contribution in [0.4, 0.5) is 0 Å². The lowest BCUT2D eigenvalue weighted by Crippen LogP contribution is -2.31. The van der Waals surface area contributed by atoms with Crippen LogP contribution in [0.1, 0.15) is 98.7 Å². The number of aromatic hydroxyl groups is 1. The summed E-state index contributed by atoms with van der Waals surface area (Å²) < 4.78 is 4.31. The molecule has 32 heavy (non-hydrogen) atoms. The number of ketones is 1. The van der Waals surface area contributed by atoms with Crippen molar-refractivity contribution in [1.29, 1.82) is 0 Å². The fourth-order valence-corrected chi connectivity index (χ4v) is 4.68. The SMILES string of the molecule is CC(C)(C)c1cc(C(=O)CN2Cc3ccc(C4CC4)nc3/C2=N/Br)cc(C(C)(C)C)c1O. The Labute approximate surface area is 199 Å². The minimum atomic E-state index is -0.282. The summed E-state index contributed by atoms with van der Waals surface area (Å²) in [5.74, 6) is 1.57. The Bertz CT molecular complexity index is 1070. The zero-order chi connectivity index (χ0) is 23.4. The lowest BCUT2D eigenvalue weighted by Gasteiger charge is -2.28. The van der Waals surface area contributed by atoms with Crippen molar-refractivity contribution in [1.82, 2.24) is 9.88 Å². The maximum atomic E-state index is 13.5. The van der Waals surface area contributed by atoms with Crippen LogP contribution < -0.4 is 0 Å². The minimum Gasteiger partial charge on any atom is -0.507 e. The summed E-state index contributed by atoms with van der Waals surface area (Å²) in [6.45, 7) is 13.1. The van der Waals surface area contributed by atoms with Crippen molar-refractivity contribution in [3.63, 3.8) is 0 Å². The number of phenols is 1. The average Bonchev–Trinajstić information content (AvgIpc) is 3.48. The average molecular weight is 498 g/mol. The highest BCUT2D eigenvalue weighted by molar-refractivity contribution is 9.08. The molecule has 0 unspecified atom stereocenters. The van der Waals surface area contributed by atoms with Crippen molar-refractivity contribution in [3.8, 4) is 5.75 Å². The van der Waals surface area contributed by atoms with E-state index in [-0.39, 0.29) is 28.9 Å². The summed E-state index contributed by atoms with van der Waals surface area (Å²) in [5, 5.41) is 11.0. The first-order chi connectivity index (χ1) is 14.9. The van der Waals surface area contributed by atoms with Crippen molar-refractivity contribution >= 4 is 27.8 Å². The largest absolute Gasteiger partial charge is 0.507 e. The van der Waals surface area contributed by atoms with Gasteiger partial charge in [-0.25, -0.2) is 4.98 Å². The van der Waals surface area contributed by atoms with E-state index in [1.165, 1.54) is 12.8 Å². The summed E-state index contributed by atoms with van der Waals surface area (Å²) in [7, 11) is 0. The fourth-order valence-electron chi connectivity index (χ4n) is 4.29. The summed E-state index contributed by atoms with van der Waals surface area (Å²) >= 11 is 3.26. The molecule has 0 radical (unpaired) electrons. The van der Waals surface area contributed by atoms with Gasteiger partial charge in [-0.05, 0) is 41.9 Å². The normalized spacial score (nSPS) is 17.7. The number of carbonyl (C=O) groups is 1. The minimum absolute atomic E-state index is 0.00451. The van der Waals surface area contributed by atoms with Crippen molar-refractivity contribution in [2.45, 2.75) is 77.7 Å². The number of aromatic nitrogens is 1. The molecule has 1 aromatic carbocycles. The molecule has 2 aromatic rings. The van der Waals surface area contributed by atoms with Gasteiger partial charge in [0.2, 0.25) is 0 Å². The first kappa shape index (κ1) is 23.0. The molecule has 1 fully saturated rings. The number of carbonyl (C=O) groups excluding carboxylic acids is 1. The van der Waals surface area contributed by atoms with Crippen LogP contribution in [-0.4, -0.2) is 33.2 Å². The first-order valence-electron chi connectivity index (χ1n) is 11.3. The van der Waals surface area contributed by atoms with Crippen LogP contribution in [0, 0.1) is 0 Å². The Hall–Kier alpha value is -2.21. The molecule has 0 amide bonds. The summed E-state index contributed by atoms with van der Waals surface area (Å²) in [6.07, 6.45) is 2.39. The number of amidine groups is 1. The summed E-state index contributed by atoms with van der Waals surface area (Å²) in [4.78, 5) is 20.3. The quantitative estimate of drug-likeness (QED) is 0.524. The second-order valence-corrected chi connectivity index (χ2v) is 11.5. The molecule has 1 saturated carbocycles. The molecule has 2 aliphatic rings. The standard InChI is InChI=1S/C26H32BrN3O2/c1-25(2,3)18-11-17(12-19(23(18)32)26(4,5)6)21(31)14-30-13-16-9-10-20(15-7-8-15)28-22(16)24(30)29-27/h9-12,15,32H,7-8,13-14H2,1-6H3/b29-24-. The fraction of sp³-hybridized carbons (Fsp3) is 0.500. The van der Waals surface area contributed by atoms with E-state index < -0.39 is 0 Å². The van der Waals surface area contributed by atoms with E-state index in [4.69, 9.17) is 4.98 Å². The molecule has 4 rings (SSSR count). The molecule has 0 atom stereocenters. The molecule has 1 N–H and O–H groups in total. The van der Waals surface area contributed by atoms with Crippen LogP contribution in [0.15, 0.2) is 28.3 Å². The van der Waals surface area contributed by atoms with E-state index in [0.29, 0.717) is 23.9 Å². The number of phenolic OH excluding ortho intramolecular Hbond substituents is 1.